The van der Waals surface area contributed by atoms with E-state index in [2.05, 4.69) is 5.32 Å². The summed E-state index contributed by atoms with van der Waals surface area (Å²) in [6.07, 6.45) is 0.578. The van der Waals surface area contributed by atoms with Crippen LogP contribution in [0.3, 0.4) is 0 Å². The Balaban J connectivity index is 1.43. The second-order valence-corrected chi connectivity index (χ2v) is 9.57. The van der Waals surface area contributed by atoms with E-state index >= 15 is 0 Å². The molecule has 1 heterocycles. The molecule has 4 rings (SSSR count). The van der Waals surface area contributed by atoms with Crippen LogP contribution < -0.4 is 9.62 Å². The average molecular weight is 506 g/mol. The summed E-state index contributed by atoms with van der Waals surface area (Å²) >= 11 is 0. The number of rotatable bonds is 7. The molecule has 12 heteroatoms. The molecule has 0 saturated heterocycles. The quantitative estimate of drug-likeness (QED) is 0.291. The van der Waals surface area contributed by atoms with E-state index in [1.807, 2.05) is 12.1 Å². The molecule has 1 amide bonds. The number of fused-ring (bicyclic) bond motifs is 1. The number of carbonyl (C=O) groups is 2. The molecule has 1 aliphatic rings. The zero-order valence-electron chi connectivity index (χ0n) is 18.6. The van der Waals surface area contributed by atoms with Gasteiger partial charge < -0.3 is 10.1 Å². The Kier molecular flexibility index (Phi) is 6.67. The van der Waals surface area contributed by atoms with Gasteiger partial charge in [0.05, 0.1) is 32.3 Å². The van der Waals surface area contributed by atoms with E-state index < -0.39 is 33.4 Å². The summed E-state index contributed by atoms with van der Waals surface area (Å²) in [7, 11) is -3.93. The van der Waals surface area contributed by atoms with E-state index in [0.717, 1.165) is 17.7 Å². The van der Waals surface area contributed by atoms with Crippen molar-refractivity contribution < 1.29 is 27.7 Å². The van der Waals surface area contributed by atoms with E-state index in [-0.39, 0.29) is 33.9 Å². The SMILES string of the molecule is N#Cc1cc([N+](=O)[O-])ccc1NC(=O)COC(=O)c1cccc(S(=O)(=O)N2CCc3ccccc32)c1. The second kappa shape index (κ2) is 9.85. The van der Waals surface area contributed by atoms with Crippen LogP contribution in [-0.2, 0) is 26.0 Å². The highest BCUT2D eigenvalue weighted by Crippen LogP contribution is 2.32. The van der Waals surface area contributed by atoms with Crippen molar-refractivity contribution in [2.75, 3.05) is 22.8 Å². The third-order valence-corrected chi connectivity index (χ3v) is 7.25. The molecule has 0 spiro atoms. The normalized spacial score (nSPS) is 12.4. The number of nitro benzene ring substituents is 1. The predicted octanol–water partition coefficient (Wildman–Crippen LogP) is 3.01. The minimum atomic E-state index is -3.93. The number of ether oxygens (including phenoxy) is 1. The Morgan fingerprint density at radius 1 is 1.11 bits per heavy atom. The van der Waals surface area contributed by atoms with Crippen molar-refractivity contribution in [2.24, 2.45) is 0 Å². The van der Waals surface area contributed by atoms with E-state index in [0.29, 0.717) is 12.1 Å². The summed E-state index contributed by atoms with van der Waals surface area (Å²) in [5, 5.41) is 22.4. The van der Waals surface area contributed by atoms with Crippen LogP contribution in [0.15, 0.2) is 71.6 Å². The van der Waals surface area contributed by atoms with Crippen LogP contribution in [-0.4, -0.2) is 38.4 Å². The molecule has 0 aliphatic carbocycles. The molecule has 0 fully saturated rings. The van der Waals surface area contributed by atoms with Crippen molar-refractivity contribution in [1.82, 2.24) is 0 Å². The molecule has 11 nitrogen and oxygen atoms in total. The summed E-state index contributed by atoms with van der Waals surface area (Å²) in [5.74, 6) is -1.71. The van der Waals surface area contributed by atoms with Crippen LogP contribution in [0.4, 0.5) is 17.1 Å². The number of nitrogens with zero attached hydrogens (tertiary/aromatic N) is 3. The van der Waals surface area contributed by atoms with Crippen LogP contribution >= 0.6 is 0 Å². The molecular formula is C24H18N4O7S. The van der Waals surface area contributed by atoms with Crippen molar-refractivity contribution in [2.45, 2.75) is 11.3 Å². The van der Waals surface area contributed by atoms with Crippen molar-refractivity contribution in [3.05, 3.63) is 93.5 Å². The first kappa shape index (κ1) is 24.4. The number of benzene rings is 3. The number of anilines is 2. The van der Waals surface area contributed by atoms with Gasteiger partial charge in [-0.25, -0.2) is 13.2 Å². The van der Waals surface area contributed by atoms with Crippen LogP contribution in [0.5, 0.6) is 0 Å². The maximum atomic E-state index is 13.2. The minimum Gasteiger partial charge on any atom is -0.452 e. The lowest BCUT2D eigenvalue weighted by Crippen LogP contribution is -2.29. The number of nitro groups is 1. The summed E-state index contributed by atoms with van der Waals surface area (Å²) in [6, 6.07) is 17.6. The molecule has 0 bridgehead atoms. The molecule has 36 heavy (non-hydrogen) atoms. The topological polar surface area (TPSA) is 160 Å². The molecule has 1 N–H and O–H groups in total. The largest absolute Gasteiger partial charge is 0.452 e. The van der Waals surface area contributed by atoms with Gasteiger partial charge in [-0.15, -0.1) is 0 Å². The summed E-state index contributed by atoms with van der Waals surface area (Å²) in [6.45, 7) is -0.443. The number of carbonyl (C=O) groups excluding carboxylic acids is 2. The van der Waals surface area contributed by atoms with E-state index in [1.165, 1.54) is 34.6 Å². The first-order valence-corrected chi connectivity index (χ1v) is 12.0. The summed E-state index contributed by atoms with van der Waals surface area (Å²) < 4.78 is 32.7. The van der Waals surface area contributed by atoms with Crippen LogP contribution in [0, 0.1) is 21.4 Å². The lowest BCUT2D eigenvalue weighted by atomic mass is 10.1. The van der Waals surface area contributed by atoms with Crippen LogP contribution in [0.2, 0.25) is 0 Å². The van der Waals surface area contributed by atoms with Gasteiger partial charge in [-0.3, -0.25) is 19.2 Å². The smallest absolute Gasteiger partial charge is 0.338 e. The monoisotopic (exact) mass is 506 g/mol. The predicted molar refractivity (Wildman–Crippen MR) is 128 cm³/mol. The van der Waals surface area contributed by atoms with Crippen molar-refractivity contribution >= 4 is 39.0 Å². The van der Waals surface area contributed by atoms with Gasteiger partial charge >= 0.3 is 5.97 Å². The third-order valence-electron chi connectivity index (χ3n) is 5.45. The molecule has 182 valence electrons. The average Bonchev–Trinajstić information content (AvgIpc) is 3.32. The number of esters is 1. The van der Waals surface area contributed by atoms with Gasteiger partial charge in [0.2, 0.25) is 0 Å². The molecular weight excluding hydrogens is 488 g/mol. The zero-order chi connectivity index (χ0) is 25.9. The van der Waals surface area contributed by atoms with E-state index in [1.54, 1.807) is 18.2 Å². The number of hydrogen-bond donors (Lipinski definition) is 1. The Hall–Kier alpha value is -4.76. The van der Waals surface area contributed by atoms with E-state index in [9.17, 15) is 28.1 Å². The van der Waals surface area contributed by atoms with Gasteiger partial charge in [0, 0.05) is 18.7 Å². The Morgan fingerprint density at radius 3 is 2.64 bits per heavy atom. The number of nitrogens with one attached hydrogen (secondary N) is 1. The molecule has 3 aromatic rings. The van der Waals surface area contributed by atoms with Gasteiger partial charge in [0.15, 0.2) is 6.61 Å². The molecule has 1 aliphatic heterocycles. The number of amides is 1. The van der Waals surface area contributed by atoms with E-state index in [4.69, 9.17) is 10.00 Å². The number of para-hydroxylation sites is 1. The maximum Gasteiger partial charge on any atom is 0.338 e. The molecule has 3 aromatic carbocycles. The fourth-order valence-corrected chi connectivity index (χ4v) is 5.27. The Morgan fingerprint density at radius 2 is 1.89 bits per heavy atom. The summed E-state index contributed by atoms with van der Waals surface area (Å²) in [5.41, 5.74) is 1.00. The van der Waals surface area contributed by atoms with Crippen molar-refractivity contribution in [1.29, 1.82) is 5.26 Å². The van der Waals surface area contributed by atoms with Gasteiger partial charge in [0.25, 0.3) is 21.6 Å². The fraction of sp³-hybridized carbons (Fsp3) is 0.125. The van der Waals surface area contributed by atoms with Gasteiger partial charge in [-0.2, -0.15) is 5.26 Å². The molecule has 0 saturated carbocycles. The Labute approximate surface area is 205 Å². The van der Waals surface area contributed by atoms with Gasteiger partial charge in [-0.1, -0.05) is 24.3 Å². The fourth-order valence-electron chi connectivity index (χ4n) is 3.72. The lowest BCUT2D eigenvalue weighted by molar-refractivity contribution is -0.384. The minimum absolute atomic E-state index is 0.0168. The number of hydrogen-bond acceptors (Lipinski definition) is 8. The number of nitriles is 1. The molecule has 0 unspecified atom stereocenters. The van der Waals surface area contributed by atoms with Gasteiger partial charge in [0.1, 0.15) is 6.07 Å². The van der Waals surface area contributed by atoms with Crippen LogP contribution in [0.25, 0.3) is 0 Å². The molecule has 0 radical (unpaired) electrons. The first-order valence-electron chi connectivity index (χ1n) is 10.6. The third kappa shape index (κ3) is 4.86. The van der Waals surface area contributed by atoms with Crippen LogP contribution in [0.1, 0.15) is 21.5 Å². The summed E-state index contributed by atoms with van der Waals surface area (Å²) in [4.78, 5) is 34.8. The first-order chi connectivity index (χ1) is 17.2. The van der Waals surface area contributed by atoms with Gasteiger partial charge in [-0.05, 0) is 42.3 Å². The Bertz CT molecular complexity index is 1530. The highest BCUT2D eigenvalue weighted by Gasteiger charge is 2.31. The standard InChI is InChI=1S/C24H18N4O7S/c25-14-18-12-19(28(31)32)8-9-21(18)26-23(29)15-35-24(30)17-5-3-6-20(13-17)36(33,34)27-11-10-16-4-1-2-7-22(16)27/h1-9,12-13H,10-11,15H2,(H,26,29). The molecule has 0 atom stereocenters. The zero-order valence-corrected chi connectivity index (χ0v) is 19.4. The highest BCUT2D eigenvalue weighted by atomic mass is 32.2. The molecule has 0 aromatic heterocycles. The maximum absolute atomic E-state index is 13.2. The highest BCUT2D eigenvalue weighted by molar-refractivity contribution is 7.92. The number of sulfonamides is 1. The lowest BCUT2D eigenvalue weighted by Gasteiger charge is -2.19. The van der Waals surface area contributed by atoms with Crippen molar-refractivity contribution in [3.8, 4) is 6.07 Å². The second-order valence-electron chi connectivity index (χ2n) is 7.71. The number of non-ortho nitro benzene ring substituents is 1. The van der Waals surface area contributed by atoms with Crippen molar-refractivity contribution in [3.63, 3.8) is 0 Å².